The zero-order chi connectivity index (χ0) is 13.0. The van der Waals surface area contributed by atoms with Crippen molar-refractivity contribution < 1.29 is 9.66 Å². The van der Waals surface area contributed by atoms with E-state index in [0.29, 0.717) is 13.2 Å². The fraction of sp³-hybridized carbons (Fsp3) is 0.538. The Hall–Kier alpha value is -1.62. The highest BCUT2D eigenvalue weighted by Gasteiger charge is 2.20. The average Bonchev–Trinajstić information content (AvgIpc) is 3.15. The molecule has 0 spiro atoms. The largest absolute Gasteiger partial charge is 0.494 e. The van der Waals surface area contributed by atoms with Crippen LogP contribution in [0.4, 0.5) is 5.69 Å². The standard InChI is InChI=1S/C13H18N2O3/c1-2-18-13-6-5-12(15(16)17)7-11(13)9-14-8-10-3-4-10/h5-7,10,14H,2-4,8-9H2,1H3. The molecule has 0 aromatic heterocycles. The van der Waals surface area contributed by atoms with Crippen molar-refractivity contribution in [2.75, 3.05) is 13.2 Å². The summed E-state index contributed by atoms with van der Waals surface area (Å²) < 4.78 is 5.48. The second kappa shape index (κ2) is 5.82. The van der Waals surface area contributed by atoms with Gasteiger partial charge in [0.15, 0.2) is 0 Å². The van der Waals surface area contributed by atoms with E-state index in [1.54, 1.807) is 12.1 Å². The molecule has 0 amide bonds. The molecule has 1 saturated carbocycles. The lowest BCUT2D eigenvalue weighted by Crippen LogP contribution is -2.17. The molecular formula is C13H18N2O3. The normalized spacial score (nSPS) is 14.5. The van der Waals surface area contributed by atoms with Crippen molar-refractivity contribution >= 4 is 5.69 Å². The van der Waals surface area contributed by atoms with E-state index >= 15 is 0 Å². The predicted octanol–water partition coefficient (Wildman–Crippen LogP) is 2.49. The first kappa shape index (κ1) is 12.8. The molecule has 1 fully saturated rings. The third-order valence-corrected chi connectivity index (χ3v) is 3.00. The molecule has 1 aliphatic rings. The van der Waals surface area contributed by atoms with E-state index < -0.39 is 0 Å². The van der Waals surface area contributed by atoms with Crippen LogP contribution in [0.5, 0.6) is 5.75 Å². The summed E-state index contributed by atoms with van der Waals surface area (Å²) in [7, 11) is 0. The second-order valence-electron chi connectivity index (χ2n) is 4.56. The number of nitrogens with one attached hydrogen (secondary N) is 1. The Labute approximate surface area is 106 Å². The van der Waals surface area contributed by atoms with Crippen molar-refractivity contribution in [3.05, 3.63) is 33.9 Å². The third kappa shape index (κ3) is 3.43. The molecule has 18 heavy (non-hydrogen) atoms. The number of nitrogens with zero attached hydrogens (tertiary/aromatic N) is 1. The molecule has 0 saturated heterocycles. The van der Waals surface area contributed by atoms with Crippen LogP contribution in [0.1, 0.15) is 25.3 Å². The van der Waals surface area contributed by atoms with Gasteiger partial charge in [-0.05, 0) is 38.3 Å². The van der Waals surface area contributed by atoms with Gasteiger partial charge >= 0.3 is 0 Å². The van der Waals surface area contributed by atoms with Gasteiger partial charge in [0.05, 0.1) is 11.5 Å². The summed E-state index contributed by atoms with van der Waals surface area (Å²) in [5, 5.41) is 14.1. The van der Waals surface area contributed by atoms with Crippen molar-refractivity contribution in [3.63, 3.8) is 0 Å². The first-order valence-electron chi connectivity index (χ1n) is 6.31. The lowest BCUT2D eigenvalue weighted by molar-refractivity contribution is -0.384. The van der Waals surface area contributed by atoms with Crippen LogP contribution in [0.25, 0.3) is 0 Å². The maximum atomic E-state index is 10.8. The molecule has 0 bridgehead atoms. The van der Waals surface area contributed by atoms with Crippen LogP contribution < -0.4 is 10.1 Å². The Kier molecular flexibility index (Phi) is 4.15. The second-order valence-corrected chi connectivity index (χ2v) is 4.56. The third-order valence-electron chi connectivity index (χ3n) is 3.00. The molecule has 5 heteroatoms. The molecule has 0 atom stereocenters. The summed E-state index contributed by atoms with van der Waals surface area (Å²) in [6.07, 6.45) is 2.58. The molecule has 98 valence electrons. The van der Waals surface area contributed by atoms with Crippen LogP contribution in [0.3, 0.4) is 0 Å². The Morgan fingerprint density at radius 2 is 2.28 bits per heavy atom. The topological polar surface area (TPSA) is 64.4 Å². The minimum absolute atomic E-state index is 0.113. The number of benzene rings is 1. The van der Waals surface area contributed by atoms with Gasteiger partial charge < -0.3 is 10.1 Å². The molecule has 1 N–H and O–H groups in total. The summed E-state index contributed by atoms with van der Waals surface area (Å²) in [6, 6.07) is 4.75. The molecular weight excluding hydrogens is 232 g/mol. The van der Waals surface area contributed by atoms with E-state index in [4.69, 9.17) is 4.74 Å². The minimum Gasteiger partial charge on any atom is -0.494 e. The van der Waals surface area contributed by atoms with Crippen LogP contribution in [-0.4, -0.2) is 18.1 Å². The molecule has 1 aromatic carbocycles. The van der Waals surface area contributed by atoms with Crippen LogP contribution in [0, 0.1) is 16.0 Å². The van der Waals surface area contributed by atoms with Crippen LogP contribution >= 0.6 is 0 Å². The fourth-order valence-electron chi connectivity index (χ4n) is 1.85. The van der Waals surface area contributed by atoms with Crippen molar-refractivity contribution in [1.29, 1.82) is 0 Å². The summed E-state index contributed by atoms with van der Waals surface area (Å²) in [5.41, 5.74) is 0.966. The monoisotopic (exact) mass is 250 g/mol. The molecule has 0 heterocycles. The SMILES string of the molecule is CCOc1ccc([N+](=O)[O-])cc1CNCC1CC1. The van der Waals surface area contributed by atoms with Gasteiger partial charge in [0, 0.05) is 24.2 Å². The molecule has 0 radical (unpaired) electrons. The number of nitro groups is 1. The number of hydrogen-bond acceptors (Lipinski definition) is 4. The summed E-state index contributed by atoms with van der Waals surface area (Å²) in [5.74, 6) is 1.52. The van der Waals surface area contributed by atoms with E-state index in [0.717, 1.165) is 23.8 Å². The highest BCUT2D eigenvalue weighted by Crippen LogP contribution is 2.28. The van der Waals surface area contributed by atoms with Gasteiger partial charge in [-0.15, -0.1) is 0 Å². The van der Waals surface area contributed by atoms with Crippen molar-refractivity contribution in [3.8, 4) is 5.75 Å². The Balaban J connectivity index is 2.05. The highest BCUT2D eigenvalue weighted by atomic mass is 16.6. The summed E-state index contributed by atoms with van der Waals surface area (Å²) in [6.45, 7) is 4.07. The molecule has 2 rings (SSSR count). The summed E-state index contributed by atoms with van der Waals surface area (Å²) >= 11 is 0. The van der Waals surface area contributed by atoms with E-state index in [-0.39, 0.29) is 10.6 Å². The molecule has 1 aliphatic carbocycles. The maximum Gasteiger partial charge on any atom is 0.270 e. The number of ether oxygens (including phenoxy) is 1. The molecule has 5 nitrogen and oxygen atoms in total. The zero-order valence-corrected chi connectivity index (χ0v) is 10.5. The van der Waals surface area contributed by atoms with Crippen LogP contribution in [0.15, 0.2) is 18.2 Å². The van der Waals surface area contributed by atoms with E-state index in [9.17, 15) is 10.1 Å². The number of rotatable bonds is 7. The van der Waals surface area contributed by atoms with Crippen LogP contribution in [-0.2, 0) is 6.54 Å². The van der Waals surface area contributed by atoms with Gasteiger partial charge in [0.25, 0.3) is 5.69 Å². The summed E-state index contributed by atoms with van der Waals surface area (Å²) in [4.78, 5) is 10.4. The van der Waals surface area contributed by atoms with Gasteiger partial charge in [-0.2, -0.15) is 0 Å². The number of non-ortho nitro benzene ring substituents is 1. The lowest BCUT2D eigenvalue weighted by Gasteiger charge is -2.10. The van der Waals surface area contributed by atoms with Gasteiger partial charge in [0.2, 0.25) is 0 Å². The Morgan fingerprint density at radius 1 is 1.50 bits per heavy atom. The van der Waals surface area contributed by atoms with Crippen molar-refractivity contribution in [2.24, 2.45) is 5.92 Å². The predicted molar refractivity (Wildman–Crippen MR) is 68.7 cm³/mol. The molecule has 0 aliphatic heterocycles. The Bertz CT molecular complexity index is 430. The van der Waals surface area contributed by atoms with Gasteiger partial charge in [-0.3, -0.25) is 10.1 Å². The quantitative estimate of drug-likeness (QED) is 0.596. The number of nitro benzene ring substituents is 1. The van der Waals surface area contributed by atoms with Crippen molar-refractivity contribution in [2.45, 2.75) is 26.3 Å². The van der Waals surface area contributed by atoms with E-state index in [1.807, 2.05) is 6.92 Å². The molecule has 0 unspecified atom stereocenters. The first-order chi connectivity index (χ1) is 8.70. The Morgan fingerprint density at radius 3 is 2.89 bits per heavy atom. The van der Waals surface area contributed by atoms with Crippen molar-refractivity contribution in [1.82, 2.24) is 5.32 Å². The first-order valence-corrected chi connectivity index (χ1v) is 6.31. The van der Waals surface area contributed by atoms with Gasteiger partial charge in [-0.25, -0.2) is 0 Å². The van der Waals surface area contributed by atoms with Gasteiger partial charge in [-0.1, -0.05) is 0 Å². The minimum atomic E-state index is -0.375. The van der Waals surface area contributed by atoms with Gasteiger partial charge in [0.1, 0.15) is 5.75 Å². The average molecular weight is 250 g/mol. The zero-order valence-electron chi connectivity index (χ0n) is 10.5. The van der Waals surface area contributed by atoms with Crippen LogP contribution in [0.2, 0.25) is 0 Å². The lowest BCUT2D eigenvalue weighted by atomic mass is 10.1. The maximum absolute atomic E-state index is 10.8. The highest BCUT2D eigenvalue weighted by molar-refractivity contribution is 5.43. The fourth-order valence-corrected chi connectivity index (χ4v) is 1.85. The van der Waals surface area contributed by atoms with E-state index in [1.165, 1.54) is 18.9 Å². The number of hydrogen-bond donors (Lipinski definition) is 1. The molecule has 1 aromatic rings. The smallest absolute Gasteiger partial charge is 0.270 e. The van der Waals surface area contributed by atoms with E-state index in [2.05, 4.69) is 5.32 Å².